The average Bonchev–Trinajstić information content (AvgIpc) is 1.90. The van der Waals surface area contributed by atoms with Gasteiger partial charge in [0.05, 0.1) is 11.9 Å². The van der Waals surface area contributed by atoms with E-state index in [0.29, 0.717) is 11.4 Å². The number of halogens is 1. The molecule has 0 unspecified atom stereocenters. The third-order valence-corrected chi connectivity index (χ3v) is 0.901. The fraction of sp³-hybridized carbons (Fsp3) is 0. The zero-order chi connectivity index (χ0) is 6.69. The molecule has 2 N–H and O–H groups in total. The predicted octanol–water partition coefficient (Wildman–Crippen LogP) is 0.957. The van der Waals surface area contributed by atoms with Crippen molar-refractivity contribution in [3.63, 3.8) is 0 Å². The first-order chi connectivity index (χ1) is 4.33. The highest BCUT2D eigenvalue weighted by molar-refractivity contribution is 5.85. The third-order valence-electron chi connectivity index (χ3n) is 0.901. The molecule has 0 aliphatic carbocycles. The largest absolute Gasteiger partial charge is 0.397 e. The van der Waals surface area contributed by atoms with E-state index in [-0.39, 0.29) is 12.4 Å². The molecule has 3 nitrogen and oxygen atoms in total. The smallest absolute Gasteiger partial charge is 0.140 e. The van der Waals surface area contributed by atoms with Crippen molar-refractivity contribution in [1.82, 2.24) is 4.98 Å². The van der Waals surface area contributed by atoms with Crippen molar-refractivity contribution in [2.45, 2.75) is 0 Å². The maximum atomic E-state index is 8.28. The van der Waals surface area contributed by atoms with Gasteiger partial charge in [0.25, 0.3) is 0 Å². The Morgan fingerprint density at radius 2 is 2.20 bits per heavy atom. The Kier molecular flexibility index (Phi) is 3.23. The molecule has 0 aliphatic rings. The molecule has 52 valence electrons. The van der Waals surface area contributed by atoms with Crippen LogP contribution in [-0.2, 0) is 0 Å². The van der Waals surface area contributed by atoms with E-state index in [0.717, 1.165) is 0 Å². The molecular formula is C6H6ClN3. The standard InChI is InChI=1S/C6H5N3.ClH/c7-3-6-2-1-5(8)4-9-6;/h1-2,4H,8H2;1H. The molecule has 0 bridgehead atoms. The van der Waals surface area contributed by atoms with Crippen molar-refractivity contribution in [3.8, 4) is 6.07 Å². The molecule has 0 fully saturated rings. The Morgan fingerprint density at radius 3 is 2.60 bits per heavy atom. The first kappa shape index (κ1) is 8.73. The molecule has 0 aliphatic heterocycles. The number of aromatic nitrogens is 1. The Bertz CT molecular complexity index is 236. The summed E-state index contributed by atoms with van der Waals surface area (Å²) in [6.07, 6.45) is 1.46. The van der Waals surface area contributed by atoms with Gasteiger partial charge in [-0.3, -0.25) is 0 Å². The normalized spacial score (nSPS) is 7.50. The van der Waals surface area contributed by atoms with Gasteiger partial charge in [-0.25, -0.2) is 4.98 Å². The summed E-state index contributed by atoms with van der Waals surface area (Å²) < 4.78 is 0. The summed E-state index contributed by atoms with van der Waals surface area (Å²) in [6, 6.07) is 5.11. The van der Waals surface area contributed by atoms with E-state index in [1.807, 2.05) is 6.07 Å². The van der Waals surface area contributed by atoms with Gasteiger partial charge in [-0.2, -0.15) is 5.26 Å². The van der Waals surface area contributed by atoms with Gasteiger partial charge in [-0.05, 0) is 12.1 Å². The number of nitrogen functional groups attached to an aromatic ring is 1. The molecule has 0 amide bonds. The van der Waals surface area contributed by atoms with E-state index in [4.69, 9.17) is 11.0 Å². The summed E-state index contributed by atoms with van der Waals surface area (Å²) in [5.74, 6) is 0. The zero-order valence-corrected chi connectivity index (χ0v) is 5.93. The molecule has 1 rings (SSSR count). The number of hydrogen-bond donors (Lipinski definition) is 1. The lowest BCUT2D eigenvalue weighted by Crippen LogP contribution is -1.86. The van der Waals surface area contributed by atoms with Crippen molar-refractivity contribution in [2.75, 3.05) is 5.73 Å². The van der Waals surface area contributed by atoms with Crippen LogP contribution >= 0.6 is 12.4 Å². The molecule has 1 aromatic rings. The van der Waals surface area contributed by atoms with E-state index >= 15 is 0 Å². The fourth-order valence-electron chi connectivity index (χ4n) is 0.471. The van der Waals surface area contributed by atoms with Gasteiger partial charge in [-0.1, -0.05) is 0 Å². The lowest BCUT2D eigenvalue weighted by molar-refractivity contribution is 1.27. The van der Waals surface area contributed by atoms with Gasteiger partial charge in [0, 0.05) is 0 Å². The second-order valence-electron chi connectivity index (χ2n) is 1.59. The van der Waals surface area contributed by atoms with E-state index in [9.17, 15) is 0 Å². The highest BCUT2D eigenvalue weighted by Crippen LogP contribution is 1.98. The van der Waals surface area contributed by atoms with Crippen LogP contribution in [0.15, 0.2) is 18.3 Å². The van der Waals surface area contributed by atoms with Crippen LogP contribution in [0.3, 0.4) is 0 Å². The molecule has 1 heterocycles. The van der Waals surface area contributed by atoms with Crippen LogP contribution in [0.1, 0.15) is 5.69 Å². The van der Waals surface area contributed by atoms with Crippen molar-refractivity contribution in [2.24, 2.45) is 0 Å². The highest BCUT2D eigenvalue weighted by Gasteiger charge is 1.86. The minimum atomic E-state index is 0. The van der Waals surface area contributed by atoms with Gasteiger partial charge in [0.2, 0.25) is 0 Å². The first-order valence-electron chi connectivity index (χ1n) is 2.44. The number of anilines is 1. The molecule has 10 heavy (non-hydrogen) atoms. The number of nitriles is 1. The van der Waals surface area contributed by atoms with Gasteiger partial charge < -0.3 is 5.73 Å². The molecule has 0 saturated carbocycles. The summed E-state index contributed by atoms with van der Waals surface area (Å²) >= 11 is 0. The number of rotatable bonds is 0. The van der Waals surface area contributed by atoms with E-state index in [1.165, 1.54) is 6.20 Å². The van der Waals surface area contributed by atoms with Crippen LogP contribution < -0.4 is 5.73 Å². The fourth-order valence-corrected chi connectivity index (χ4v) is 0.471. The maximum absolute atomic E-state index is 8.28. The Morgan fingerprint density at radius 1 is 1.50 bits per heavy atom. The molecule has 0 spiro atoms. The van der Waals surface area contributed by atoms with Gasteiger partial charge >= 0.3 is 0 Å². The molecule has 1 aromatic heterocycles. The number of hydrogen-bond acceptors (Lipinski definition) is 3. The van der Waals surface area contributed by atoms with E-state index in [1.54, 1.807) is 12.1 Å². The SMILES string of the molecule is Cl.N#Cc1ccc(N)cn1. The van der Waals surface area contributed by atoms with Gasteiger partial charge in [0.1, 0.15) is 11.8 Å². The van der Waals surface area contributed by atoms with Crippen LogP contribution in [-0.4, -0.2) is 4.98 Å². The van der Waals surface area contributed by atoms with E-state index in [2.05, 4.69) is 4.98 Å². The zero-order valence-electron chi connectivity index (χ0n) is 5.11. The van der Waals surface area contributed by atoms with Crippen molar-refractivity contribution < 1.29 is 0 Å². The molecule has 4 heteroatoms. The van der Waals surface area contributed by atoms with Crippen molar-refractivity contribution in [3.05, 3.63) is 24.0 Å². The summed E-state index contributed by atoms with van der Waals surface area (Å²) in [5.41, 5.74) is 6.28. The highest BCUT2D eigenvalue weighted by atomic mass is 35.5. The van der Waals surface area contributed by atoms with E-state index < -0.39 is 0 Å². The minimum absolute atomic E-state index is 0. The lowest BCUT2D eigenvalue weighted by Gasteiger charge is -1.87. The Hall–Kier alpha value is -1.27. The number of pyridine rings is 1. The third kappa shape index (κ3) is 1.92. The average molecular weight is 156 g/mol. The number of nitrogens with zero attached hydrogens (tertiary/aromatic N) is 2. The number of nitrogens with two attached hydrogens (primary N) is 1. The molecule has 0 atom stereocenters. The Labute approximate surface area is 64.9 Å². The lowest BCUT2D eigenvalue weighted by atomic mass is 10.3. The minimum Gasteiger partial charge on any atom is -0.397 e. The van der Waals surface area contributed by atoms with Crippen LogP contribution in [0, 0.1) is 11.3 Å². The van der Waals surface area contributed by atoms with Crippen LogP contribution in [0.2, 0.25) is 0 Å². The maximum Gasteiger partial charge on any atom is 0.140 e. The van der Waals surface area contributed by atoms with Crippen molar-refractivity contribution >= 4 is 18.1 Å². The first-order valence-corrected chi connectivity index (χ1v) is 2.44. The summed E-state index contributed by atoms with van der Waals surface area (Å²) in [6.45, 7) is 0. The quantitative estimate of drug-likeness (QED) is 0.607. The molecule has 0 radical (unpaired) electrons. The topological polar surface area (TPSA) is 62.7 Å². The Balaban J connectivity index is 0.000000810. The molecule has 0 saturated heterocycles. The second-order valence-corrected chi connectivity index (χ2v) is 1.59. The van der Waals surface area contributed by atoms with Crippen LogP contribution in [0.25, 0.3) is 0 Å². The monoisotopic (exact) mass is 155 g/mol. The molecular weight excluding hydrogens is 150 g/mol. The predicted molar refractivity (Wildman–Crippen MR) is 40.6 cm³/mol. The van der Waals surface area contributed by atoms with Gasteiger partial charge in [-0.15, -0.1) is 12.4 Å². The van der Waals surface area contributed by atoms with Crippen LogP contribution in [0.4, 0.5) is 5.69 Å². The summed E-state index contributed by atoms with van der Waals surface area (Å²) in [7, 11) is 0. The van der Waals surface area contributed by atoms with Crippen LogP contribution in [0.5, 0.6) is 0 Å². The second kappa shape index (κ2) is 3.70. The summed E-state index contributed by atoms with van der Waals surface area (Å²) in [4.78, 5) is 3.71. The molecule has 0 aromatic carbocycles. The van der Waals surface area contributed by atoms with Crippen molar-refractivity contribution in [1.29, 1.82) is 5.26 Å². The van der Waals surface area contributed by atoms with Gasteiger partial charge in [0.15, 0.2) is 0 Å². The summed E-state index contributed by atoms with van der Waals surface area (Å²) in [5, 5.41) is 8.28.